The zero-order chi connectivity index (χ0) is 9.31. The first-order chi connectivity index (χ1) is 6.22. The minimum atomic E-state index is 0.499. The number of ether oxygens (including phenoxy) is 1. The smallest absolute Gasteiger partial charge is 0.295 e. The highest BCUT2D eigenvalue weighted by Crippen LogP contribution is 2.44. The number of nitrogens with zero attached hydrogens (tertiary/aromatic N) is 2. The molecule has 0 unspecified atom stereocenters. The van der Waals surface area contributed by atoms with Crippen molar-refractivity contribution in [3.05, 3.63) is 0 Å². The molecule has 0 spiro atoms. The number of rotatable bonds is 4. The fraction of sp³-hybridized carbons (Fsp3) is 0.750. The molecule has 0 aromatic carbocycles. The second-order valence-electron chi connectivity index (χ2n) is 3.74. The first-order valence-electron chi connectivity index (χ1n) is 4.33. The highest BCUT2D eigenvalue weighted by molar-refractivity contribution is 7.16. The molecular formula is C8H13N3OS. The molecule has 1 aromatic rings. The lowest BCUT2D eigenvalue weighted by atomic mass is 10.1. The Hall–Kier alpha value is -0.840. The number of aromatic nitrogens is 2. The zero-order valence-corrected chi connectivity index (χ0v) is 8.65. The van der Waals surface area contributed by atoms with Crippen molar-refractivity contribution in [1.82, 2.24) is 10.2 Å². The molecular weight excluding hydrogens is 186 g/mol. The molecule has 72 valence electrons. The van der Waals surface area contributed by atoms with Crippen LogP contribution in [-0.4, -0.2) is 23.9 Å². The predicted octanol–water partition coefficient (Wildman–Crippen LogP) is 1.76. The van der Waals surface area contributed by atoms with E-state index in [1.165, 1.54) is 24.2 Å². The van der Waals surface area contributed by atoms with Gasteiger partial charge in [-0.05, 0) is 29.6 Å². The summed E-state index contributed by atoms with van der Waals surface area (Å²) in [6.07, 6.45) is 2.63. The van der Waals surface area contributed by atoms with E-state index in [9.17, 15) is 0 Å². The number of hydrogen-bond acceptors (Lipinski definition) is 5. The molecule has 0 bridgehead atoms. The van der Waals surface area contributed by atoms with Gasteiger partial charge in [0, 0.05) is 6.54 Å². The van der Waals surface area contributed by atoms with E-state index >= 15 is 0 Å². The summed E-state index contributed by atoms with van der Waals surface area (Å²) in [6, 6.07) is 0. The summed E-state index contributed by atoms with van der Waals surface area (Å²) >= 11 is 1.45. The lowest BCUT2D eigenvalue weighted by Crippen LogP contribution is -2.11. The van der Waals surface area contributed by atoms with E-state index in [-0.39, 0.29) is 0 Å². The van der Waals surface area contributed by atoms with Crippen LogP contribution < -0.4 is 10.1 Å². The SMILES string of the molecule is COc1nnc(NCC2(C)CC2)s1. The van der Waals surface area contributed by atoms with Crippen molar-refractivity contribution >= 4 is 16.5 Å². The largest absolute Gasteiger partial charge is 0.472 e. The maximum Gasteiger partial charge on any atom is 0.295 e. The molecule has 0 atom stereocenters. The summed E-state index contributed by atoms with van der Waals surface area (Å²) in [5.74, 6) is 0. The quantitative estimate of drug-likeness (QED) is 0.802. The van der Waals surface area contributed by atoms with E-state index in [4.69, 9.17) is 4.74 Å². The number of nitrogens with one attached hydrogen (secondary N) is 1. The second kappa shape index (κ2) is 3.14. The molecule has 0 saturated heterocycles. The van der Waals surface area contributed by atoms with E-state index in [1.54, 1.807) is 7.11 Å². The van der Waals surface area contributed by atoms with Crippen LogP contribution in [-0.2, 0) is 0 Å². The van der Waals surface area contributed by atoms with Crippen LogP contribution >= 0.6 is 11.3 Å². The normalized spacial score (nSPS) is 18.3. The Bertz CT molecular complexity index is 295. The molecule has 1 N–H and O–H groups in total. The van der Waals surface area contributed by atoms with Crippen LogP contribution in [0.4, 0.5) is 5.13 Å². The van der Waals surface area contributed by atoms with E-state index in [1.807, 2.05) is 0 Å². The van der Waals surface area contributed by atoms with Gasteiger partial charge in [-0.15, -0.1) is 5.10 Å². The fourth-order valence-corrected chi connectivity index (χ4v) is 1.60. The monoisotopic (exact) mass is 199 g/mol. The van der Waals surface area contributed by atoms with Crippen LogP contribution in [0.3, 0.4) is 0 Å². The van der Waals surface area contributed by atoms with Gasteiger partial charge >= 0.3 is 0 Å². The Morgan fingerprint density at radius 2 is 2.31 bits per heavy atom. The summed E-state index contributed by atoms with van der Waals surface area (Å²) in [5, 5.41) is 12.5. The van der Waals surface area contributed by atoms with Crippen molar-refractivity contribution in [3.8, 4) is 5.19 Å². The summed E-state index contributed by atoms with van der Waals surface area (Å²) in [4.78, 5) is 0. The molecule has 1 aliphatic rings. The van der Waals surface area contributed by atoms with Crippen molar-refractivity contribution < 1.29 is 4.74 Å². The molecule has 1 aromatic heterocycles. The molecule has 0 amide bonds. The Kier molecular flexibility index (Phi) is 2.11. The van der Waals surface area contributed by atoms with Crippen molar-refractivity contribution in [3.63, 3.8) is 0 Å². The molecule has 5 heteroatoms. The van der Waals surface area contributed by atoms with Crippen molar-refractivity contribution in [2.75, 3.05) is 19.0 Å². The predicted molar refractivity (Wildman–Crippen MR) is 52.3 cm³/mol. The van der Waals surface area contributed by atoms with Crippen molar-refractivity contribution in [2.24, 2.45) is 5.41 Å². The van der Waals surface area contributed by atoms with E-state index < -0.39 is 0 Å². The van der Waals surface area contributed by atoms with Gasteiger partial charge in [-0.25, -0.2) is 0 Å². The minimum absolute atomic E-state index is 0.499. The molecule has 2 rings (SSSR count). The van der Waals surface area contributed by atoms with Crippen molar-refractivity contribution in [1.29, 1.82) is 0 Å². The highest BCUT2D eigenvalue weighted by Gasteiger charge is 2.36. The van der Waals surface area contributed by atoms with Gasteiger partial charge < -0.3 is 10.1 Å². The Labute approximate surface area is 81.3 Å². The molecule has 0 radical (unpaired) electrons. The Morgan fingerprint density at radius 3 is 2.85 bits per heavy atom. The van der Waals surface area contributed by atoms with Crippen LogP contribution in [0.15, 0.2) is 0 Å². The van der Waals surface area contributed by atoms with Gasteiger partial charge in [-0.3, -0.25) is 0 Å². The molecule has 1 fully saturated rings. The van der Waals surface area contributed by atoms with Gasteiger partial charge in [0.05, 0.1) is 7.11 Å². The van der Waals surface area contributed by atoms with E-state index in [2.05, 4.69) is 22.4 Å². The first-order valence-corrected chi connectivity index (χ1v) is 5.15. The number of hydrogen-bond donors (Lipinski definition) is 1. The highest BCUT2D eigenvalue weighted by atomic mass is 32.1. The van der Waals surface area contributed by atoms with Crippen LogP contribution in [0.1, 0.15) is 19.8 Å². The molecule has 1 saturated carbocycles. The lowest BCUT2D eigenvalue weighted by molar-refractivity contribution is 0.407. The summed E-state index contributed by atoms with van der Waals surface area (Å²) in [6.45, 7) is 3.27. The van der Waals surface area contributed by atoms with Gasteiger partial charge in [0.1, 0.15) is 0 Å². The molecule has 0 aliphatic heterocycles. The van der Waals surface area contributed by atoms with Crippen LogP contribution in [0.2, 0.25) is 0 Å². The zero-order valence-electron chi connectivity index (χ0n) is 7.83. The van der Waals surface area contributed by atoms with Gasteiger partial charge in [0.25, 0.3) is 5.19 Å². The molecule has 13 heavy (non-hydrogen) atoms. The number of anilines is 1. The average Bonchev–Trinajstić information content (AvgIpc) is 2.69. The second-order valence-corrected chi connectivity index (χ2v) is 4.68. The van der Waals surface area contributed by atoms with Crippen LogP contribution in [0, 0.1) is 5.41 Å². The maximum atomic E-state index is 4.95. The van der Waals surface area contributed by atoms with E-state index in [0.29, 0.717) is 10.6 Å². The summed E-state index contributed by atoms with van der Waals surface area (Å²) < 4.78 is 4.95. The van der Waals surface area contributed by atoms with Crippen LogP contribution in [0.5, 0.6) is 5.19 Å². The Balaban J connectivity index is 1.87. The van der Waals surface area contributed by atoms with Crippen molar-refractivity contribution in [2.45, 2.75) is 19.8 Å². The minimum Gasteiger partial charge on any atom is -0.472 e. The standard InChI is InChI=1S/C8H13N3OS/c1-8(3-4-8)5-9-6-10-11-7(12-2)13-6/h3-5H2,1-2H3,(H,9,10). The molecule has 1 aliphatic carbocycles. The first kappa shape index (κ1) is 8.74. The maximum absolute atomic E-state index is 4.95. The van der Waals surface area contributed by atoms with Gasteiger partial charge in [0.2, 0.25) is 5.13 Å². The van der Waals surface area contributed by atoms with E-state index in [0.717, 1.165) is 11.7 Å². The number of methoxy groups -OCH3 is 1. The lowest BCUT2D eigenvalue weighted by Gasteiger charge is -2.06. The molecule has 1 heterocycles. The Morgan fingerprint density at radius 1 is 1.54 bits per heavy atom. The van der Waals surface area contributed by atoms with Crippen LogP contribution in [0.25, 0.3) is 0 Å². The third-order valence-corrected chi connectivity index (χ3v) is 3.19. The van der Waals surface area contributed by atoms with Gasteiger partial charge in [0.15, 0.2) is 0 Å². The third-order valence-electron chi connectivity index (χ3n) is 2.35. The fourth-order valence-electron chi connectivity index (χ4n) is 1.04. The third kappa shape index (κ3) is 2.09. The van der Waals surface area contributed by atoms with Gasteiger partial charge in [-0.2, -0.15) is 0 Å². The summed E-state index contributed by atoms with van der Waals surface area (Å²) in [5.41, 5.74) is 0.499. The van der Waals surface area contributed by atoms with Gasteiger partial charge in [-0.1, -0.05) is 12.0 Å². The molecule has 4 nitrogen and oxygen atoms in total. The summed E-state index contributed by atoms with van der Waals surface area (Å²) in [7, 11) is 1.60. The topological polar surface area (TPSA) is 47.0 Å². The average molecular weight is 199 g/mol.